The lowest BCUT2D eigenvalue weighted by molar-refractivity contribution is -0.384. The molecule has 1 aliphatic heterocycles. The molecule has 1 aromatic heterocycles. The zero-order valence-electron chi connectivity index (χ0n) is 9.96. The second-order valence-corrected chi connectivity index (χ2v) is 5.64. The molecule has 0 saturated carbocycles. The molecule has 20 heavy (non-hydrogen) atoms. The molecule has 7 nitrogen and oxygen atoms in total. The van der Waals surface area contributed by atoms with Gasteiger partial charge in [-0.25, -0.2) is 4.98 Å². The summed E-state index contributed by atoms with van der Waals surface area (Å²) in [7, 11) is 0. The fraction of sp³-hybridized carbons (Fsp3) is 0.182. The van der Waals surface area contributed by atoms with Gasteiger partial charge in [-0.15, -0.1) is 11.3 Å². The first-order valence-electron chi connectivity index (χ1n) is 5.55. The fourth-order valence-corrected chi connectivity index (χ4v) is 2.66. The highest BCUT2D eigenvalue weighted by atomic mass is 35.5. The Balaban J connectivity index is 1.86. The second-order valence-electron chi connectivity index (χ2n) is 3.89. The molecular weight excluding hydrogens is 306 g/mol. The van der Waals surface area contributed by atoms with E-state index in [1.807, 2.05) is 0 Å². The number of thiazole rings is 1. The third-order valence-electron chi connectivity index (χ3n) is 2.64. The largest absolute Gasteiger partial charge is 0.454 e. The van der Waals surface area contributed by atoms with Crippen LogP contribution in [0, 0.1) is 10.1 Å². The predicted molar refractivity (Wildman–Crippen MR) is 73.7 cm³/mol. The summed E-state index contributed by atoms with van der Waals surface area (Å²) >= 11 is 7.10. The predicted octanol–water partition coefficient (Wildman–Crippen LogP) is 3.05. The first-order chi connectivity index (χ1) is 9.63. The van der Waals surface area contributed by atoms with Crippen molar-refractivity contribution in [2.45, 2.75) is 6.54 Å². The van der Waals surface area contributed by atoms with Crippen molar-refractivity contribution >= 4 is 34.3 Å². The van der Waals surface area contributed by atoms with Gasteiger partial charge >= 0.3 is 0 Å². The smallest absolute Gasteiger partial charge is 0.296 e. The first kappa shape index (κ1) is 12.9. The number of halogens is 1. The van der Waals surface area contributed by atoms with E-state index in [1.165, 1.54) is 23.6 Å². The van der Waals surface area contributed by atoms with Gasteiger partial charge in [-0.2, -0.15) is 0 Å². The lowest BCUT2D eigenvalue weighted by Crippen LogP contribution is -2.02. The SMILES string of the molecule is O=[N+]([O-])c1cc2c(cc1NCc1ncc(Cl)s1)OCO2. The number of ether oxygens (including phenoxy) is 2. The number of benzene rings is 1. The maximum atomic E-state index is 11.1. The van der Waals surface area contributed by atoms with Gasteiger partial charge in [0, 0.05) is 6.07 Å². The lowest BCUT2D eigenvalue weighted by Gasteiger charge is -2.06. The second kappa shape index (κ2) is 5.14. The number of fused-ring (bicyclic) bond motifs is 1. The van der Waals surface area contributed by atoms with Gasteiger partial charge in [-0.3, -0.25) is 10.1 Å². The van der Waals surface area contributed by atoms with E-state index in [4.69, 9.17) is 21.1 Å². The van der Waals surface area contributed by atoms with E-state index < -0.39 is 4.92 Å². The van der Waals surface area contributed by atoms with Crippen molar-refractivity contribution in [1.82, 2.24) is 4.98 Å². The summed E-state index contributed by atoms with van der Waals surface area (Å²) in [5.74, 6) is 0.856. The summed E-state index contributed by atoms with van der Waals surface area (Å²) < 4.78 is 10.9. The Morgan fingerprint density at radius 2 is 2.20 bits per heavy atom. The Morgan fingerprint density at radius 3 is 2.85 bits per heavy atom. The van der Waals surface area contributed by atoms with Crippen LogP contribution in [0.3, 0.4) is 0 Å². The van der Waals surface area contributed by atoms with Gasteiger partial charge in [0.25, 0.3) is 5.69 Å². The van der Waals surface area contributed by atoms with Crippen LogP contribution >= 0.6 is 22.9 Å². The molecule has 0 unspecified atom stereocenters. The molecule has 1 aliphatic rings. The van der Waals surface area contributed by atoms with Crippen molar-refractivity contribution in [3.05, 3.63) is 37.8 Å². The Morgan fingerprint density at radius 1 is 1.45 bits per heavy atom. The molecule has 0 radical (unpaired) electrons. The van der Waals surface area contributed by atoms with Crippen molar-refractivity contribution in [1.29, 1.82) is 0 Å². The molecule has 104 valence electrons. The maximum absolute atomic E-state index is 11.1. The Hall–Kier alpha value is -2.06. The molecule has 0 amide bonds. The number of nitrogens with zero attached hydrogens (tertiary/aromatic N) is 2. The Kier molecular flexibility index (Phi) is 3.33. The van der Waals surface area contributed by atoms with Crippen LogP contribution in [0.25, 0.3) is 0 Å². The minimum atomic E-state index is -0.473. The normalized spacial score (nSPS) is 12.4. The van der Waals surface area contributed by atoms with Crippen molar-refractivity contribution < 1.29 is 14.4 Å². The third kappa shape index (κ3) is 2.47. The van der Waals surface area contributed by atoms with Crippen LogP contribution in [0.15, 0.2) is 18.3 Å². The number of rotatable bonds is 4. The van der Waals surface area contributed by atoms with Crippen LogP contribution in [-0.4, -0.2) is 16.7 Å². The quantitative estimate of drug-likeness (QED) is 0.689. The fourth-order valence-electron chi connectivity index (χ4n) is 1.76. The molecule has 1 N–H and O–H groups in total. The Bertz CT molecular complexity index is 676. The van der Waals surface area contributed by atoms with E-state index in [-0.39, 0.29) is 12.5 Å². The zero-order valence-corrected chi connectivity index (χ0v) is 11.5. The van der Waals surface area contributed by atoms with Crippen LogP contribution in [0.4, 0.5) is 11.4 Å². The molecular formula is C11H8ClN3O4S. The van der Waals surface area contributed by atoms with E-state index in [0.717, 1.165) is 5.01 Å². The molecule has 0 bridgehead atoms. The van der Waals surface area contributed by atoms with Crippen LogP contribution in [0.1, 0.15) is 5.01 Å². The van der Waals surface area contributed by atoms with Crippen LogP contribution in [0.5, 0.6) is 11.5 Å². The molecule has 2 heterocycles. The standard InChI is InChI=1S/C11H8ClN3O4S/c12-10-3-14-11(20-10)4-13-6-1-8-9(19-5-18-8)2-7(6)15(16)17/h1-3,13H,4-5H2. The van der Waals surface area contributed by atoms with E-state index in [2.05, 4.69) is 10.3 Å². The maximum Gasteiger partial charge on any atom is 0.296 e. The van der Waals surface area contributed by atoms with E-state index >= 15 is 0 Å². The highest BCUT2D eigenvalue weighted by Crippen LogP contribution is 2.40. The highest BCUT2D eigenvalue weighted by molar-refractivity contribution is 7.15. The molecule has 0 saturated heterocycles. The minimum Gasteiger partial charge on any atom is -0.454 e. The zero-order chi connectivity index (χ0) is 14.1. The number of nitro benzene ring substituents is 1. The number of hydrogen-bond donors (Lipinski definition) is 1. The van der Waals surface area contributed by atoms with Crippen LogP contribution in [0.2, 0.25) is 4.34 Å². The van der Waals surface area contributed by atoms with Crippen LogP contribution in [-0.2, 0) is 6.54 Å². The molecule has 1 aromatic carbocycles. The van der Waals surface area contributed by atoms with E-state index in [0.29, 0.717) is 28.1 Å². The first-order valence-corrected chi connectivity index (χ1v) is 6.75. The summed E-state index contributed by atoms with van der Waals surface area (Å²) in [4.78, 5) is 14.7. The number of nitrogens with one attached hydrogen (secondary N) is 1. The summed E-state index contributed by atoms with van der Waals surface area (Å²) in [6, 6.07) is 2.90. The van der Waals surface area contributed by atoms with E-state index in [1.54, 1.807) is 6.07 Å². The molecule has 3 rings (SSSR count). The van der Waals surface area contributed by atoms with Crippen molar-refractivity contribution in [2.75, 3.05) is 12.1 Å². The topological polar surface area (TPSA) is 86.5 Å². The summed E-state index contributed by atoms with van der Waals surface area (Å²) in [5.41, 5.74) is 0.280. The number of nitro groups is 1. The van der Waals surface area contributed by atoms with Gasteiger partial charge in [-0.1, -0.05) is 11.6 Å². The van der Waals surface area contributed by atoms with Crippen molar-refractivity contribution in [3.8, 4) is 11.5 Å². The Labute approximate surface area is 122 Å². The number of hydrogen-bond acceptors (Lipinski definition) is 7. The van der Waals surface area contributed by atoms with Crippen molar-refractivity contribution in [3.63, 3.8) is 0 Å². The minimum absolute atomic E-state index is 0.0675. The van der Waals surface area contributed by atoms with Crippen LogP contribution < -0.4 is 14.8 Å². The molecule has 9 heteroatoms. The van der Waals surface area contributed by atoms with Gasteiger partial charge in [0.15, 0.2) is 11.5 Å². The third-order valence-corrected chi connectivity index (χ3v) is 3.76. The molecule has 0 atom stereocenters. The lowest BCUT2D eigenvalue weighted by atomic mass is 10.2. The monoisotopic (exact) mass is 313 g/mol. The highest BCUT2D eigenvalue weighted by Gasteiger charge is 2.23. The molecule has 0 fully saturated rings. The van der Waals surface area contributed by atoms with Gasteiger partial charge in [-0.05, 0) is 0 Å². The summed E-state index contributed by atoms with van der Waals surface area (Å²) in [6.45, 7) is 0.413. The van der Waals surface area contributed by atoms with Crippen molar-refractivity contribution in [2.24, 2.45) is 0 Å². The number of anilines is 1. The summed E-state index contributed by atoms with van der Waals surface area (Å²) in [5, 5.41) is 14.8. The van der Waals surface area contributed by atoms with Gasteiger partial charge in [0.05, 0.1) is 23.7 Å². The van der Waals surface area contributed by atoms with Gasteiger partial charge in [0.1, 0.15) is 15.0 Å². The van der Waals surface area contributed by atoms with Gasteiger partial charge in [0.2, 0.25) is 6.79 Å². The molecule has 0 aliphatic carbocycles. The summed E-state index contributed by atoms with van der Waals surface area (Å²) in [6.07, 6.45) is 1.54. The average Bonchev–Trinajstić information content (AvgIpc) is 3.03. The average molecular weight is 314 g/mol. The molecule has 0 spiro atoms. The number of aromatic nitrogens is 1. The van der Waals surface area contributed by atoms with E-state index in [9.17, 15) is 10.1 Å². The van der Waals surface area contributed by atoms with Gasteiger partial charge < -0.3 is 14.8 Å². The molecule has 2 aromatic rings.